The maximum absolute atomic E-state index is 12.2. The van der Waals surface area contributed by atoms with Gasteiger partial charge in [0.1, 0.15) is 5.76 Å². The number of nitrogens with zero attached hydrogens (tertiary/aromatic N) is 1. The van der Waals surface area contributed by atoms with Crippen molar-refractivity contribution in [3.05, 3.63) is 23.2 Å². The van der Waals surface area contributed by atoms with Crippen LogP contribution < -0.4 is 0 Å². The van der Waals surface area contributed by atoms with Crippen molar-refractivity contribution < 1.29 is 14.3 Å². The third-order valence-electron chi connectivity index (χ3n) is 2.82. The lowest BCUT2D eigenvalue weighted by molar-refractivity contribution is 0.0673. The zero-order chi connectivity index (χ0) is 11.7. The summed E-state index contributed by atoms with van der Waals surface area (Å²) in [5, 5.41) is 8.96. The number of carbonyl (C=O) groups is 1. The minimum atomic E-state index is -0.0952. The molecule has 1 heterocycles. The highest BCUT2D eigenvalue weighted by Gasteiger charge is 2.34. The third-order valence-corrected chi connectivity index (χ3v) is 2.82. The van der Waals surface area contributed by atoms with Crippen molar-refractivity contribution in [2.24, 2.45) is 0 Å². The van der Waals surface area contributed by atoms with Gasteiger partial charge in [0.15, 0.2) is 5.76 Å². The van der Waals surface area contributed by atoms with Crippen molar-refractivity contribution in [3.63, 3.8) is 0 Å². The van der Waals surface area contributed by atoms with Gasteiger partial charge < -0.3 is 14.4 Å². The van der Waals surface area contributed by atoms with Crippen LogP contribution in [-0.4, -0.2) is 35.1 Å². The van der Waals surface area contributed by atoms with Crippen molar-refractivity contribution in [1.82, 2.24) is 4.90 Å². The Morgan fingerprint density at radius 1 is 1.56 bits per heavy atom. The number of furan rings is 1. The highest BCUT2D eigenvalue weighted by Crippen LogP contribution is 2.29. The standard InChI is InChI=1S/C12H17NO3/c1-8-7-9(2)16-11(8)12(15)13(5-6-14)10-3-4-10/h7,10,14H,3-6H2,1-2H3. The molecule has 88 valence electrons. The van der Waals surface area contributed by atoms with Gasteiger partial charge in [-0.05, 0) is 32.8 Å². The Labute approximate surface area is 94.9 Å². The molecule has 0 spiro atoms. The maximum atomic E-state index is 12.2. The summed E-state index contributed by atoms with van der Waals surface area (Å²) in [7, 11) is 0. The molecule has 1 aliphatic rings. The molecule has 2 rings (SSSR count). The summed E-state index contributed by atoms with van der Waals surface area (Å²) in [6.45, 7) is 4.09. The zero-order valence-electron chi connectivity index (χ0n) is 9.69. The second kappa shape index (κ2) is 4.29. The number of aryl methyl sites for hydroxylation is 2. The Balaban J connectivity index is 2.18. The second-order valence-electron chi connectivity index (χ2n) is 4.32. The van der Waals surface area contributed by atoms with E-state index in [1.165, 1.54) is 0 Å². The fourth-order valence-corrected chi connectivity index (χ4v) is 1.93. The molecule has 0 aliphatic heterocycles. The van der Waals surface area contributed by atoms with E-state index < -0.39 is 0 Å². The minimum Gasteiger partial charge on any atom is -0.456 e. The fraction of sp³-hybridized carbons (Fsp3) is 0.583. The summed E-state index contributed by atoms with van der Waals surface area (Å²) in [5.74, 6) is 1.07. The van der Waals surface area contributed by atoms with Crippen molar-refractivity contribution in [2.75, 3.05) is 13.2 Å². The Morgan fingerprint density at radius 2 is 2.25 bits per heavy atom. The minimum absolute atomic E-state index is 0.000971. The third kappa shape index (κ3) is 2.11. The van der Waals surface area contributed by atoms with Crippen molar-refractivity contribution in [2.45, 2.75) is 32.7 Å². The molecule has 1 aromatic heterocycles. The van der Waals surface area contributed by atoms with Crippen LogP contribution in [-0.2, 0) is 0 Å². The van der Waals surface area contributed by atoms with E-state index in [1.54, 1.807) is 4.90 Å². The molecule has 0 atom stereocenters. The maximum Gasteiger partial charge on any atom is 0.290 e. The van der Waals surface area contributed by atoms with E-state index in [9.17, 15) is 4.79 Å². The number of amides is 1. The summed E-state index contributed by atoms with van der Waals surface area (Å²) in [4.78, 5) is 13.9. The Hall–Kier alpha value is -1.29. The van der Waals surface area contributed by atoms with Crippen LogP contribution in [0.25, 0.3) is 0 Å². The first-order valence-electron chi connectivity index (χ1n) is 5.62. The topological polar surface area (TPSA) is 53.7 Å². The van der Waals surface area contributed by atoms with Crippen LogP contribution >= 0.6 is 0 Å². The normalized spacial score (nSPS) is 15.2. The van der Waals surface area contributed by atoms with Crippen LogP contribution in [0.5, 0.6) is 0 Å². The molecule has 1 N–H and O–H groups in total. The SMILES string of the molecule is Cc1cc(C)c(C(=O)N(CCO)C2CC2)o1. The molecule has 0 unspecified atom stereocenters. The van der Waals surface area contributed by atoms with Gasteiger partial charge in [-0.1, -0.05) is 0 Å². The molecule has 0 aromatic carbocycles. The number of hydrogen-bond acceptors (Lipinski definition) is 3. The van der Waals surface area contributed by atoms with Crippen LogP contribution in [0.15, 0.2) is 10.5 Å². The molecule has 1 saturated carbocycles. The zero-order valence-corrected chi connectivity index (χ0v) is 9.69. The molecule has 4 heteroatoms. The van der Waals surface area contributed by atoms with E-state index in [0.717, 1.165) is 24.2 Å². The smallest absolute Gasteiger partial charge is 0.290 e. The van der Waals surface area contributed by atoms with E-state index in [2.05, 4.69) is 0 Å². The summed E-state index contributed by atoms with van der Waals surface area (Å²) in [5.41, 5.74) is 0.867. The summed E-state index contributed by atoms with van der Waals surface area (Å²) < 4.78 is 5.41. The summed E-state index contributed by atoms with van der Waals surface area (Å²) in [6, 6.07) is 2.15. The van der Waals surface area contributed by atoms with Crippen LogP contribution in [0.4, 0.5) is 0 Å². The lowest BCUT2D eigenvalue weighted by Gasteiger charge is -2.20. The van der Waals surface area contributed by atoms with Crippen LogP contribution in [0.1, 0.15) is 34.7 Å². The Kier molecular flexibility index (Phi) is 3.01. The van der Waals surface area contributed by atoms with Gasteiger partial charge in [-0.15, -0.1) is 0 Å². The molecule has 1 amide bonds. The van der Waals surface area contributed by atoms with Gasteiger partial charge >= 0.3 is 0 Å². The van der Waals surface area contributed by atoms with Crippen molar-refractivity contribution >= 4 is 5.91 Å². The molecule has 1 fully saturated rings. The average Bonchev–Trinajstić information content (AvgIpc) is 3.00. The van der Waals surface area contributed by atoms with E-state index in [-0.39, 0.29) is 12.5 Å². The molecule has 0 saturated heterocycles. The largest absolute Gasteiger partial charge is 0.456 e. The van der Waals surface area contributed by atoms with Gasteiger partial charge in [0.2, 0.25) is 0 Å². The predicted octanol–water partition coefficient (Wildman–Crippen LogP) is 1.49. The van der Waals surface area contributed by atoms with Gasteiger partial charge in [0.25, 0.3) is 5.91 Å². The lowest BCUT2D eigenvalue weighted by atomic mass is 10.2. The molecule has 4 nitrogen and oxygen atoms in total. The van der Waals surface area contributed by atoms with Crippen LogP contribution in [0.2, 0.25) is 0 Å². The van der Waals surface area contributed by atoms with Crippen LogP contribution in [0, 0.1) is 13.8 Å². The molecule has 0 bridgehead atoms. The van der Waals surface area contributed by atoms with Crippen LogP contribution in [0.3, 0.4) is 0 Å². The Bertz CT molecular complexity index is 393. The molecule has 16 heavy (non-hydrogen) atoms. The number of hydrogen-bond donors (Lipinski definition) is 1. The molecular weight excluding hydrogens is 206 g/mol. The molecule has 1 aromatic rings. The fourth-order valence-electron chi connectivity index (χ4n) is 1.93. The monoisotopic (exact) mass is 223 g/mol. The molecule has 0 radical (unpaired) electrons. The van der Waals surface area contributed by atoms with Gasteiger partial charge in [0.05, 0.1) is 6.61 Å². The Morgan fingerprint density at radius 3 is 2.69 bits per heavy atom. The highest BCUT2D eigenvalue weighted by atomic mass is 16.4. The first-order chi connectivity index (χ1) is 7.63. The molecular formula is C12H17NO3. The van der Waals surface area contributed by atoms with Gasteiger partial charge in [0, 0.05) is 18.2 Å². The van der Waals surface area contributed by atoms with E-state index in [1.807, 2.05) is 19.9 Å². The van der Waals surface area contributed by atoms with Crippen molar-refractivity contribution in [1.29, 1.82) is 0 Å². The highest BCUT2D eigenvalue weighted by molar-refractivity contribution is 5.93. The lowest BCUT2D eigenvalue weighted by Crippen LogP contribution is -2.35. The van der Waals surface area contributed by atoms with Crippen molar-refractivity contribution in [3.8, 4) is 0 Å². The summed E-state index contributed by atoms with van der Waals surface area (Å²) >= 11 is 0. The number of rotatable bonds is 4. The number of aliphatic hydroxyl groups is 1. The van der Waals surface area contributed by atoms with Gasteiger partial charge in [-0.3, -0.25) is 4.79 Å². The second-order valence-corrected chi connectivity index (χ2v) is 4.32. The average molecular weight is 223 g/mol. The first-order valence-corrected chi connectivity index (χ1v) is 5.62. The van der Waals surface area contributed by atoms with E-state index in [4.69, 9.17) is 9.52 Å². The van der Waals surface area contributed by atoms with Gasteiger partial charge in [-0.25, -0.2) is 0 Å². The summed E-state index contributed by atoms with van der Waals surface area (Å²) in [6.07, 6.45) is 2.06. The van der Waals surface area contributed by atoms with E-state index in [0.29, 0.717) is 18.3 Å². The molecule has 1 aliphatic carbocycles. The number of aliphatic hydroxyl groups excluding tert-OH is 1. The van der Waals surface area contributed by atoms with E-state index >= 15 is 0 Å². The first kappa shape index (κ1) is 11.2. The van der Waals surface area contributed by atoms with Gasteiger partial charge in [-0.2, -0.15) is 0 Å². The number of carbonyl (C=O) groups excluding carboxylic acids is 1. The predicted molar refractivity (Wildman–Crippen MR) is 59.3 cm³/mol. The quantitative estimate of drug-likeness (QED) is 0.841.